The maximum atomic E-state index is 14.0. The van der Waals surface area contributed by atoms with Crippen molar-refractivity contribution in [1.82, 2.24) is 14.9 Å². The monoisotopic (exact) mass is 934 g/mol. The van der Waals surface area contributed by atoms with Gasteiger partial charge in [0.15, 0.2) is 15.6 Å². The first-order valence-corrected chi connectivity index (χ1v) is 23.7. The topological polar surface area (TPSA) is 160 Å². The second-order valence-corrected chi connectivity index (χ2v) is 20.1. The van der Waals surface area contributed by atoms with Crippen LogP contribution in [0.2, 0.25) is 5.02 Å². The van der Waals surface area contributed by atoms with Gasteiger partial charge in [0, 0.05) is 80.3 Å². The van der Waals surface area contributed by atoms with Gasteiger partial charge in [0.25, 0.3) is 5.69 Å². The molecule has 5 aromatic rings. The van der Waals surface area contributed by atoms with Gasteiger partial charge in [0.05, 0.1) is 33.2 Å². The van der Waals surface area contributed by atoms with Crippen LogP contribution in [0.15, 0.2) is 89.6 Å². The van der Waals surface area contributed by atoms with Crippen molar-refractivity contribution in [2.45, 2.75) is 69.5 Å². The van der Waals surface area contributed by atoms with E-state index < -0.39 is 43.7 Å². The highest BCUT2D eigenvalue weighted by atomic mass is 35.5. The molecule has 0 bridgehead atoms. The van der Waals surface area contributed by atoms with E-state index in [9.17, 15) is 36.5 Å². The zero-order valence-corrected chi connectivity index (χ0v) is 37.6. The molecule has 2 aromatic heterocycles. The number of benzene rings is 3. The number of carbonyl (C=O) groups excluding carboxylic acids is 1. The van der Waals surface area contributed by atoms with E-state index in [0.717, 1.165) is 72.5 Å². The second-order valence-electron chi connectivity index (χ2n) is 17.7. The molecule has 2 aliphatic heterocycles. The number of carbonyl (C=O) groups is 1. The number of hydrogen-bond acceptors (Lipinski definition) is 11. The van der Waals surface area contributed by atoms with Crippen LogP contribution in [0.5, 0.6) is 11.5 Å². The summed E-state index contributed by atoms with van der Waals surface area (Å²) in [7, 11) is -4.37. The Bertz CT molecular complexity index is 2750. The lowest BCUT2D eigenvalue weighted by Crippen LogP contribution is -2.47. The number of anilines is 2. The number of Topliss-reactive ketones (excluding diaryl/α,β-unsaturated/α-hetero) is 1. The zero-order chi connectivity index (χ0) is 46.1. The van der Waals surface area contributed by atoms with E-state index in [1.807, 2.05) is 6.07 Å². The fourth-order valence-electron chi connectivity index (χ4n) is 8.82. The number of rotatable bonds is 14. The number of ether oxygens (including phenoxy) is 2. The molecule has 4 heterocycles. The molecule has 0 amide bonds. The van der Waals surface area contributed by atoms with E-state index in [2.05, 4.69) is 38.9 Å². The molecule has 0 radical (unpaired) electrons. The maximum absolute atomic E-state index is 14.0. The van der Waals surface area contributed by atoms with Crippen LogP contribution in [0, 0.1) is 15.5 Å². The quantitative estimate of drug-likeness (QED) is 0.0620. The van der Waals surface area contributed by atoms with E-state index in [4.69, 9.17) is 21.1 Å². The van der Waals surface area contributed by atoms with Crippen molar-refractivity contribution in [2.75, 3.05) is 61.8 Å². The summed E-state index contributed by atoms with van der Waals surface area (Å²) in [6.45, 7) is 8.43. The highest BCUT2D eigenvalue weighted by Gasteiger charge is 2.34. The minimum atomic E-state index is -4.49. The second kappa shape index (κ2) is 18.8. The third-order valence-electron chi connectivity index (χ3n) is 12.5. The van der Waals surface area contributed by atoms with Gasteiger partial charge in [-0.2, -0.15) is 13.2 Å². The molecular formula is C47H50ClF3N6O7S. The van der Waals surface area contributed by atoms with Gasteiger partial charge in [-0.15, -0.1) is 0 Å². The Hall–Kier alpha value is -5.49. The molecule has 0 saturated carbocycles. The van der Waals surface area contributed by atoms with E-state index >= 15 is 0 Å². The van der Waals surface area contributed by atoms with Crippen LogP contribution in [-0.4, -0.2) is 91.7 Å². The first-order valence-electron chi connectivity index (χ1n) is 21.6. The molecule has 8 rings (SSSR count). The van der Waals surface area contributed by atoms with Crippen LogP contribution < -0.4 is 15.0 Å². The molecule has 13 nitrogen and oxygen atoms in total. The number of allylic oxidation sites excluding steroid dienone is 1. The number of fused-ring (bicyclic) bond motifs is 1. The van der Waals surface area contributed by atoms with E-state index in [1.54, 1.807) is 24.4 Å². The summed E-state index contributed by atoms with van der Waals surface area (Å²) in [6.07, 6.45) is 3.79. The fraction of sp³-hybridized carbons (Fsp3) is 0.404. The lowest BCUT2D eigenvalue weighted by atomic mass is 9.72. The summed E-state index contributed by atoms with van der Waals surface area (Å²) in [5, 5.41) is 16.0. The summed E-state index contributed by atoms with van der Waals surface area (Å²) in [5.74, 6) is -1.30. The molecule has 0 unspecified atom stereocenters. The van der Waals surface area contributed by atoms with Gasteiger partial charge in [-0.1, -0.05) is 37.1 Å². The third kappa shape index (κ3) is 10.8. The number of aromatic nitrogens is 2. The largest absolute Gasteiger partial charge is 0.455 e. The third-order valence-corrected chi connectivity index (χ3v) is 14.4. The van der Waals surface area contributed by atoms with Crippen LogP contribution in [0.3, 0.4) is 0 Å². The predicted octanol–water partition coefficient (Wildman–Crippen LogP) is 10.4. The number of aromatic amines is 1. The summed E-state index contributed by atoms with van der Waals surface area (Å²) >= 11 is 6.53. The number of hydrogen-bond donors (Lipinski definition) is 2. The number of sulfone groups is 1. The van der Waals surface area contributed by atoms with Gasteiger partial charge >= 0.3 is 6.18 Å². The SMILES string of the molecule is CC1(C)CCC(CN2CCN(c3ccc(C(=O)CS(=O)(=O)c4ccc(NC[C@H]5CCCCO5)c([N+](=O)[O-])c4)c(Oc4cnc5[nH]ccc5c4)c3)CC2)=C(c2ccc(C(F)(F)F)cc2Cl)C1. The van der Waals surface area contributed by atoms with Crippen molar-refractivity contribution in [3.63, 3.8) is 0 Å². The summed E-state index contributed by atoms with van der Waals surface area (Å²) in [6, 6.07) is 15.7. The van der Waals surface area contributed by atoms with Crippen molar-refractivity contribution < 1.29 is 40.8 Å². The van der Waals surface area contributed by atoms with Crippen LogP contribution in [-0.2, 0) is 20.8 Å². The van der Waals surface area contributed by atoms with Gasteiger partial charge in [0.2, 0.25) is 0 Å². The Labute approximate surface area is 380 Å². The minimum absolute atomic E-state index is 0.00649. The Morgan fingerprint density at radius 3 is 2.58 bits per heavy atom. The number of piperazine rings is 1. The number of nitrogens with one attached hydrogen (secondary N) is 2. The number of nitro benzene ring substituents is 1. The van der Waals surface area contributed by atoms with Gasteiger partial charge in [-0.05, 0) is 104 Å². The molecule has 1 aliphatic carbocycles. The first kappa shape index (κ1) is 46.1. The van der Waals surface area contributed by atoms with Crippen LogP contribution in [0.4, 0.5) is 30.2 Å². The number of H-pyrrole nitrogens is 1. The van der Waals surface area contributed by atoms with Crippen molar-refractivity contribution in [3.8, 4) is 11.5 Å². The number of nitrogens with zero attached hydrogens (tertiary/aromatic N) is 4. The number of ketones is 1. The molecule has 3 aromatic carbocycles. The molecular weight excluding hydrogens is 885 g/mol. The number of halogens is 4. The average Bonchev–Trinajstić information content (AvgIpc) is 3.74. The van der Waals surface area contributed by atoms with Crippen molar-refractivity contribution in [1.29, 1.82) is 0 Å². The van der Waals surface area contributed by atoms with Gasteiger partial charge in [-0.3, -0.25) is 19.8 Å². The maximum Gasteiger partial charge on any atom is 0.416 e. The molecule has 2 N–H and O–H groups in total. The lowest BCUT2D eigenvalue weighted by molar-refractivity contribution is -0.384. The lowest BCUT2D eigenvalue weighted by Gasteiger charge is -2.39. The molecule has 1 atom stereocenters. The molecule has 3 aliphatic rings. The first-order chi connectivity index (χ1) is 30.9. The van der Waals surface area contributed by atoms with Crippen LogP contribution in [0.25, 0.3) is 16.6 Å². The van der Waals surface area contributed by atoms with E-state index in [1.165, 1.54) is 30.5 Å². The molecule has 2 saturated heterocycles. The Kier molecular flexibility index (Phi) is 13.3. The summed E-state index contributed by atoms with van der Waals surface area (Å²) in [5.41, 5.74) is 3.06. The molecule has 18 heteroatoms. The average molecular weight is 935 g/mol. The summed E-state index contributed by atoms with van der Waals surface area (Å²) in [4.78, 5) is 37.0. The van der Waals surface area contributed by atoms with E-state index in [-0.39, 0.29) is 38.4 Å². The minimum Gasteiger partial charge on any atom is -0.455 e. The molecule has 65 heavy (non-hydrogen) atoms. The Morgan fingerprint density at radius 1 is 1.06 bits per heavy atom. The molecule has 0 spiro atoms. The highest BCUT2D eigenvalue weighted by Crippen LogP contribution is 2.46. The smallest absolute Gasteiger partial charge is 0.416 e. The van der Waals surface area contributed by atoms with Crippen molar-refractivity contribution in [3.05, 3.63) is 117 Å². The summed E-state index contributed by atoms with van der Waals surface area (Å²) < 4.78 is 80.1. The van der Waals surface area contributed by atoms with Gasteiger partial charge in [0.1, 0.15) is 28.6 Å². The Balaban J connectivity index is 1.01. The van der Waals surface area contributed by atoms with Crippen LogP contribution in [0.1, 0.15) is 73.9 Å². The van der Waals surface area contributed by atoms with Crippen LogP contribution >= 0.6 is 11.6 Å². The van der Waals surface area contributed by atoms with E-state index in [0.29, 0.717) is 69.3 Å². The zero-order valence-electron chi connectivity index (χ0n) is 36.0. The predicted molar refractivity (Wildman–Crippen MR) is 244 cm³/mol. The normalized spacial score (nSPS) is 18.5. The van der Waals surface area contributed by atoms with Crippen molar-refractivity contribution in [2.24, 2.45) is 5.41 Å². The highest BCUT2D eigenvalue weighted by molar-refractivity contribution is 7.92. The molecule has 2 fully saturated rings. The van der Waals surface area contributed by atoms with Gasteiger partial charge in [-0.25, -0.2) is 13.4 Å². The number of alkyl halides is 3. The van der Waals surface area contributed by atoms with Gasteiger partial charge < -0.3 is 24.7 Å². The molecule has 344 valence electrons. The standard InChI is InChI=1S/C47H50ClF3N6O7S/c1-46(2)14-12-31(39(25-46)37-9-6-32(22-40(37)48)47(49,50)51)28-55-16-18-56(19-17-55)33-7-10-38(44(23-33)64-35-21-30-13-15-52-45(30)54-27-35)43(58)29-65(61,62)36-8-11-41(42(24-36)57(59)60)53-26-34-5-3-4-20-63-34/h6-11,13,15,21-24,27,34,53H,3-5,12,14,16-20,25-26,28-29H2,1-2H3,(H,52,54)/t34-/m1/s1. The number of pyridine rings is 1. The van der Waals surface area contributed by atoms with Crippen molar-refractivity contribution >= 4 is 60.9 Å². The Morgan fingerprint density at radius 2 is 1.86 bits per heavy atom. The fourth-order valence-corrected chi connectivity index (χ4v) is 10.3. The number of nitro groups is 1.